The van der Waals surface area contributed by atoms with Crippen LogP contribution in [0.1, 0.15) is 22.6 Å². The maximum atomic E-state index is 13.2. The normalized spacial score (nSPS) is 21.6. The first-order valence-corrected chi connectivity index (χ1v) is 7.41. The number of likely N-dealkylation sites (tertiary alicyclic amines) is 1. The first-order valence-electron chi connectivity index (χ1n) is 7.41. The molecule has 3 rings (SSSR count). The first-order chi connectivity index (χ1) is 10.1. The highest BCUT2D eigenvalue weighted by Crippen LogP contribution is 2.27. The Morgan fingerprint density at radius 3 is 2.55 bits per heavy atom. The Balaban J connectivity index is 0.00000176. The van der Waals surface area contributed by atoms with Crippen LogP contribution in [0.3, 0.4) is 0 Å². The minimum atomic E-state index is -0.170. The van der Waals surface area contributed by atoms with Gasteiger partial charge in [0.05, 0.1) is 0 Å². The van der Waals surface area contributed by atoms with Crippen molar-refractivity contribution in [3.8, 4) is 0 Å². The molecule has 0 bridgehead atoms. The summed E-state index contributed by atoms with van der Waals surface area (Å²) in [5.74, 6) is 0.212. The second-order valence-electron chi connectivity index (χ2n) is 5.95. The summed E-state index contributed by atoms with van der Waals surface area (Å²) >= 11 is 0. The van der Waals surface area contributed by atoms with Crippen LogP contribution in [0, 0.1) is 12.7 Å². The third-order valence-corrected chi connectivity index (χ3v) is 4.37. The molecular formula is C18H22ClFN2. The third-order valence-electron chi connectivity index (χ3n) is 4.37. The molecule has 1 saturated heterocycles. The Kier molecular flexibility index (Phi) is 5.57. The molecule has 0 aliphatic carbocycles. The van der Waals surface area contributed by atoms with Gasteiger partial charge in [0.1, 0.15) is 5.82 Å². The van der Waals surface area contributed by atoms with Crippen molar-refractivity contribution in [1.29, 1.82) is 0 Å². The molecule has 1 aliphatic rings. The molecule has 2 atom stereocenters. The van der Waals surface area contributed by atoms with Crippen molar-refractivity contribution in [3.63, 3.8) is 0 Å². The summed E-state index contributed by atoms with van der Waals surface area (Å²) in [6, 6.07) is 15.6. The van der Waals surface area contributed by atoms with Crippen LogP contribution in [-0.2, 0) is 6.54 Å². The second kappa shape index (κ2) is 7.23. The molecule has 0 radical (unpaired) electrons. The average molecular weight is 321 g/mol. The zero-order valence-corrected chi connectivity index (χ0v) is 13.5. The highest BCUT2D eigenvalue weighted by molar-refractivity contribution is 5.85. The van der Waals surface area contributed by atoms with Gasteiger partial charge in [-0.05, 0) is 35.7 Å². The van der Waals surface area contributed by atoms with Gasteiger partial charge in [-0.1, -0.05) is 36.4 Å². The molecule has 0 unspecified atom stereocenters. The Bertz CT molecular complexity index is 618. The number of halogens is 2. The molecular weight excluding hydrogens is 299 g/mol. The van der Waals surface area contributed by atoms with Crippen LogP contribution in [0.4, 0.5) is 4.39 Å². The smallest absolute Gasteiger partial charge is 0.123 e. The van der Waals surface area contributed by atoms with Crippen molar-refractivity contribution in [2.24, 2.45) is 5.73 Å². The monoisotopic (exact) mass is 320 g/mol. The van der Waals surface area contributed by atoms with Gasteiger partial charge in [-0.3, -0.25) is 4.90 Å². The van der Waals surface area contributed by atoms with E-state index in [4.69, 9.17) is 5.73 Å². The van der Waals surface area contributed by atoms with E-state index in [0.717, 1.165) is 25.2 Å². The molecule has 2 aromatic carbocycles. The summed E-state index contributed by atoms with van der Waals surface area (Å²) < 4.78 is 13.2. The number of hydrogen-bond acceptors (Lipinski definition) is 2. The molecule has 0 saturated carbocycles. The Morgan fingerprint density at radius 1 is 1.14 bits per heavy atom. The highest BCUT2D eigenvalue weighted by Gasteiger charge is 2.31. The molecule has 2 N–H and O–H groups in total. The van der Waals surface area contributed by atoms with E-state index >= 15 is 0 Å². The summed E-state index contributed by atoms with van der Waals surface area (Å²) in [6.45, 7) is 4.64. The molecule has 0 spiro atoms. The fraction of sp³-hybridized carbons (Fsp3) is 0.333. The Morgan fingerprint density at radius 2 is 1.86 bits per heavy atom. The van der Waals surface area contributed by atoms with Gasteiger partial charge in [0.25, 0.3) is 0 Å². The predicted octanol–water partition coefficient (Wildman–Crippen LogP) is 3.48. The van der Waals surface area contributed by atoms with Crippen LogP contribution in [0.2, 0.25) is 0 Å². The maximum Gasteiger partial charge on any atom is 0.123 e. The number of aryl methyl sites for hydroxylation is 1. The van der Waals surface area contributed by atoms with E-state index in [2.05, 4.69) is 29.2 Å². The van der Waals surface area contributed by atoms with Crippen LogP contribution in [0.25, 0.3) is 0 Å². The number of rotatable bonds is 3. The molecule has 0 aromatic heterocycles. The third kappa shape index (κ3) is 3.67. The van der Waals surface area contributed by atoms with Gasteiger partial charge in [0.15, 0.2) is 0 Å². The molecule has 1 aliphatic heterocycles. The average Bonchev–Trinajstić information content (AvgIpc) is 2.84. The van der Waals surface area contributed by atoms with E-state index in [9.17, 15) is 4.39 Å². The quantitative estimate of drug-likeness (QED) is 0.938. The zero-order chi connectivity index (χ0) is 14.8. The summed E-state index contributed by atoms with van der Waals surface area (Å²) in [7, 11) is 0. The lowest BCUT2D eigenvalue weighted by atomic mass is 9.95. The Labute approximate surface area is 137 Å². The summed E-state index contributed by atoms with van der Waals surface area (Å²) in [6.07, 6.45) is 0. The highest BCUT2D eigenvalue weighted by atomic mass is 35.5. The van der Waals surface area contributed by atoms with Crippen molar-refractivity contribution in [2.45, 2.75) is 25.4 Å². The molecule has 1 heterocycles. The van der Waals surface area contributed by atoms with Gasteiger partial charge in [0.2, 0.25) is 0 Å². The number of benzene rings is 2. The fourth-order valence-electron chi connectivity index (χ4n) is 3.17. The van der Waals surface area contributed by atoms with Crippen LogP contribution >= 0.6 is 12.4 Å². The SMILES string of the molecule is Cc1cc(F)ccc1CN1C[C@@H](N)[C@H](c2ccccc2)C1.Cl. The van der Waals surface area contributed by atoms with Gasteiger partial charge in [-0.2, -0.15) is 0 Å². The minimum Gasteiger partial charge on any atom is -0.326 e. The summed E-state index contributed by atoms with van der Waals surface area (Å²) in [5, 5.41) is 0. The van der Waals surface area contributed by atoms with E-state index < -0.39 is 0 Å². The van der Waals surface area contributed by atoms with Gasteiger partial charge in [0, 0.05) is 31.6 Å². The molecule has 4 heteroatoms. The van der Waals surface area contributed by atoms with Crippen molar-refractivity contribution in [2.75, 3.05) is 13.1 Å². The number of nitrogens with two attached hydrogens (primary N) is 1. The summed E-state index contributed by atoms with van der Waals surface area (Å²) in [4.78, 5) is 2.36. The fourth-order valence-corrected chi connectivity index (χ4v) is 3.17. The van der Waals surface area contributed by atoms with Crippen molar-refractivity contribution in [1.82, 2.24) is 4.90 Å². The maximum absolute atomic E-state index is 13.2. The zero-order valence-electron chi connectivity index (χ0n) is 12.7. The largest absolute Gasteiger partial charge is 0.326 e. The van der Waals surface area contributed by atoms with Gasteiger partial charge >= 0.3 is 0 Å². The van der Waals surface area contributed by atoms with Crippen LogP contribution in [0.15, 0.2) is 48.5 Å². The van der Waals surface area contributed by atoms with Crippen LogP contribution in [0.5, 0.6) is 0 Å². The lowest BCUT2D eigenvalue weighted by Gasteiger charge is -2.17. The molecule has 1 fully saturated rings. The van der Waals surface area contributed by atoms with E-state index in [-0.39, 0.29) is 24.3 Å². The molecule has 118 valence electrons. The topological polar surface area (TPSA) is 29.3 Å². The van der Waals surface area contributed by atoms with E-state index in [0.29, 0.717) is 5.92 Å². The molecule has 2 aromatic rings. The number of hydrogen-bond donors (Lipinski definition) is 1. The van der Waals surface area contributed by atoms with E-state index in [1.165, 1.54) is 17.2 Å². The van der Waals surface area contributed by atoms with Crippen molar-refractivity contribution < 1.29 is 4.39 Å². The molecule has 0 amide bonds. The van der Waals surface area contributed by atoms with Crippen molar-refractivity contribution >= 4 is 12.4 Å². The lowest BCUT2D eigenvalue weighted by molar-refractivity contribution is 0.323. The van der Waals surface area contributed by atoms with Gasteiger partial charge in [-0.15, -0.1) is 12.4 Å². The Hall–Kier alpha value is -1.42. The standard InChI is InChI=1S/C18H21FN2.ClH/c1-13-9-16(19)8-7-15(13)10-21-11-17(18(20)12-21)14-5-3-2-4-6-14;/h2-9,17-18H,10-12,20H2,1H3;1H/t17-,18+;/m0./s1. The van der Waals surface area contributed by atoms with Gasteiger partial charge in [-0.25, -0.2) is 4.39 Å². The van der Waals surface area contributed by atoms with Crippen LogP contribution < -0.4 is 5.73 Å². The molecule has 22 heavy (non-hydrogen) atoms. The summed E-state index contributed by atoms with van der Waals surface area (Å²) in [5.41, 5.74) is 9.81. The van der Waals surface area contributed by atoms with Gasteiger partial charge < -0.3 is 5.73 Å². The number of nitrogens with zero attached hydrogens (tertiary/aromatic N) is 1. The van der Waals surface area contributed by atoms with E-state index in [1.54, 1.807) is 6.07 Å². The van der Waals surface area contributed by atoms with Crippen LogP contribution in [-0.4, -0.2) is 24.0 Å². The lowest BCUT2D eigenvalue weighted by Crippen LogP contribution is -2.28. The minimum absolute atomic E-state index is 0. The predicted molar refractivity (Wildman–Crippen MR) is 90.8 cm³/mol. The van der Waals surface area contributed by atoms with Crippen molar-refractivity contribution in [3.05, 3.63) is 71.0 Å². The first kappa shape index (κ1) is 16.9. The molecule has 2 nitrogen and oxygen atoms in total. The van der Waals surface area contributed by atoms with E-state index in [1.807, 2.05) is 19.1 Å². The second-order valence-corrected chi connectivity index (χ2v) is 5.95.